The molecule has 2 heterocycles. The predicted octanol–water partition coefficient (Wildman–Crippen LogP) is 0.678. The van der Waals surface area contributed by atoms with E-state index in [1.165, 1.54) is 6.20 Å². The second-order valence-corrected chi connectivity index (χ2v) is 4.43. The molecule has 0 atom stereocenters. The Bertz CT molecular complexity index is 645. The van der Waals surface area contributed by atoms with Gasteiger partial charge >= 0.3 is 0 Å². The van der Waals surface area contributed by atoms with E-state index in [0.717, 1.165) is 0 Å². The molecule has 2 rings (SSSR count). The van der Waals surface area contributed by atoms with Crippen molar-refractivity contribution in [3.8, 4) is 0 Å². The maximum absolute atomic E-state index is 11.9. The zero-order valence-electron chi connectivity index (χ0n) is 12.2. The Morgan fingerprint density at radius 2 is 1.77 bits per heavy atom. The SMILES string of the molecule is CNc1cc(C(=O)NCCNC(=O)c2cccnc2)ccn1. The minimum Gasteiger partial charge on any atom is -0.373 e. The number of hydrogen-bond acceptors (Lipinski definition) is 5. The summed E-state index contributed by atoms with van der Waals surface area (Å²) in [5.74, 6) is 0.191. The van der Waals surface area contributed by atoms with Crippen LogP contribution >= 0.6 is 0 Å². The first kappa shape index (κ1) is 15.4. The third-order valence-electron chi connectivity index (χ3n) is 2.90. The van der Waals surface area contributed by atoms with E-state index >= 15 is 0 Å². The molecule has 0 unspecified atom stereocenters. The van der Waals surface area contributed by atoms with Crippen LogP contribution in [0.25, 0.3) is 0 Å². The summed E-state index contributed by atoms with van der Waals surface area (Å²) in [7, 11) is 1.73. The van der Waals surface area contributed by atoms with Crippen LogP contribution in [0.2, 0.25) is 0 Å². The lowest BCUT2D eigenvalue weighted by molar-refractivity contribution is 0.0927. The molecular weight excluding hydrogens is 282 g/mol. The molecule has 0 aliphatic heterocycles. The quantitative estimate of drug-likeness (QED) is 0.682. The second-order valence-electron chi connectivity index (χ2n) is 4.43. The Balaban J connectivity index is 1.76. The molecule has 0 saturated heterocycles. The van der Waals surface area contributed by atoms with Gasteiger partial charge in [0.1, 0.15) is 5.82 Å². The maximum atomic E-state index is 11.9. The number of anilines is 1. The number of aromatic nitrogens is 2. The zero-order valence-corrected chi connectivity index (χ0v) is 12.2. The summed E-state index contributed by atoms with van der Waals surface area (Å²) in [4.78, 5) is 31.6. The van der Waals surface area contributed by atoms with Crippen LogP contribution in [0.4, 0.5) is 5.82 Å². The van der Waals surface area contributed by atoms with Gasteiger partial charge in [0.05, 0.1) is 5.56 Å². The van der Waals surface area contributed by atoms with Crippen molar-refractivity contribution in [2.45, 2.75) is 0 Å². The van der Waals surface area contributed by atoms with Crippen molar-refractivity contribution in [3.63, 3.8) is 0 Å². The smallest absolute Gasteiger partial charge is 0.252 e. The molecule has 0 aromatic carbocycles. The van der Waals surface area contributed by atoms with E-state index in [9.17, 15) is 9.59 Å². The lowest BCUT2D eigenvalue weighted by Crippen LogP contribution is -2.34. The molecule has 2 aromatic rings. The summed E-state index contributed by atoms with van der Waals surface area (Å²) in [6.45, 7) is 0.672. The Morgan fingerprint density at radius 1 is 1.05 bits per heavy atom. The third kappa shape index (κ3) is 4.27. The van der Waals surface area contributed by atoms with Gasteiger partial charge in [-0.1, -0.05) is 0 Å². The van der Waals surface area contributed by atoms with E-state index in [-0.39, 0.29) is 11.8 Å². The van der Waals surface area contributed by atoms with Crippen molar-refractivity contribution in [2.24, 2.45) is 0 Å². The monoisotopic (exact) mass is 299 g/mol. The van der Waals surface area contributed by atoms with Crippen LogP contribution in [0.3, 0.4) is 0 Å². The summed E-state index contributed by atoms with van der Waals surface area (Å²) < 4.78 is 0. The van der Waals surface area contributed by atoms with E-state index in [0.29, 0.717) is 30.0 Å². The summed E-state index contributed by atoms with van der Waals surface area (Å²) in [6, 6.07) is 6.66. The molecule has 2 amide bonds. The van der Waals surface area contributed by atoms with Gasteiger partial charge in [-0.3, -0.25) is 14.6 Å². The van der Waals surface area contributed by atoms with E-state index in [2.05, 4.69) is 25.9 Å². The van der Waals surface area contributed by atoms with Crippen LogP contribution in [0.15, 0.2) is 42.9 Å². The predicted molar refractivity (Wildman–Crippen MR) is 82.7 cm³/mol. The van der Waals surface area contributed by atoms with Crippen molar-refractivity contribution in [1.29, 1.82) is 0 Å². The Morgan fingerprint density at radius 3 is 2.41 bits per heavy atom. The maximum Gasteiger partial charge on any atom is 0.252 e. The number of carbonyl (C=O) groups is 2. The normalized spacial score (nSPS) is 9.86. The van der Waals surface area contributed by atoms with Crippen LogP contribution in [-0.2, 0) is 0 Å². The van der Waals surface area contributed by atoms with Gasteiger partial charge in [0.25, 0.3) is 11.8 Å². The van der Waals surface area contributed by atoms with Gasteiger partial charge in [0, 0.05) is 44.3 Å². The molecule has 0 radical (unpaired) electrons. The molecule has 2 aromatic heterocycles. The molecule has 22 heavy (non-hydrogen) atoms. The van der Waals surface area contributed by atoms with E-state index < -0.39 is 0 Å². The van der Waals surface area contributed by atoms with Crippen molar-refractivity contribution in [1.82, 2.24) is 20.6 Å². The summed E-state index contributed by atoms with van der Waals surface area (Å²) in [6.07, 6.45) is 4.65. The number of amides is 2. The molecular formula is C15H17N5O2. The van der Waals surface area contributed by atoms with Crippen LogP contribution in [0.1, 0.15) is 20.7 Å². The molecule has 7 heteroatoms. The molecule has 0 fully saturated rings. The highest BCUT2D eigenvalue weighted by Gasteiger charge is 2.07. The van der Waals surface area contributed by atoms with Crippen LogP contribution in [0, 0.1) is 0 Å². The highest BCUT2D eigenvalue weighted by atomic mass is 16.2. The number of rotatable bonds is 6. The van der Waals surface area contributed by atoms with Gasteiger partial charge in [0.15, 0.2) is 0 Å². The van der Waals surface area contributed by atoms with Gasteiger partial charge in [-0.15, -0.1) is 0 Å². The lowest BCUT2D eigenvalue weighted by atomic mass is 10.2. The van der Waals surface area contributed by atoms with E-state index in [1.54, 1.807) is 43.7 Å². The van der Waals surface area contributed by atoms with E-state index in [4.69, 9.17) is 0 Å². The Labute approximate surface area is 128 Å². The molecule has 0 aliphatic carbocycles. The first-order valence-corrected chi connectivity index (χ1v) is 6.81. The summed E-state index contributed by atoms with van der Waals surface area (Å²) in [5, 5.41) is 8.31. The highest BCUT2D eigenvalue weighted by Crippen LogP contribution is 2.05. The van der Waals surface area contributed by atoms with Gasteiger partial charge in [-0.05, 0) is 24.3 Å². The molecule has 0 aliphatic rings. The average Bonchev–Trinajstić information content (AvgIpc) is 2.59. The Kier molecular flexibility index (Phi) is 5.42. The standard InChI is InChI=1S/C15H17N5O2/c1-16-13-9-11(4-6-18-13)14(21)19-7-8-20-15(22)12-3-2-5-17-10-12/h2-6,9-10H,7-8H2,1H3,(H,16,18)(H,19,21)(H,20,22). The minimum absolute atomic E-state index is 0.213. The number of nitrogens with one attached hydrogen (secondary N) is 3. The van der Waals surface area contributed by atoms with Gasteiger partial charge in [-0.25, -0.2) is 4.98 Å². The Hall–Kier alpha value is -2.96. The number of carbonyl (C=O) groups excluding carboxylic acids is 2. The molecule has 114 valence electrons. The largest absolute Gasteiger partial charge is 0.373 e. The minimum atomic E-state index is -0.219. The van der Waals surface area contributed by atoms with Crippen molar-refractivity contribution in [3.05, 3.63) is 54.0 Å². The molecule has 0 saturated carbocycles. The average molecular weight is 299 g/mol. The van der Waals surface area contributed by atoms with Gasteiger partial charge in [-0.2, -0.15) is 0 Å². The highest BCUT2D eigenvalue weighted by molar-refractivity contribution is 5.95. The van der Waals surface area contributed by atoms with Crippen LogP contribution in [-0.4, -0.2) is 41.9 Å². The van der Waals surface area contributed by atoms with Gasteiger partial charge in [0.2, 0.25) is 0 Å². The first-order valence-electron chi connectivity index (χ1n) is 6.81. The zero-order chi connectivity index (χ0) is 15.8. The van der Waals surface area contributed by atoms with Gasteiger partial charge < -0.3 is 16.0 Å². The molecule has 3 N–H and O–H groups in total. The fourth-order valence-electron chi connectivity index (χ4n) is 1.76. The fraction of sp³-hybridized carbons (Fsp3) is 0.200. The molecule has 7 nitrogen and oxygen atoms in total. The summed E-state index contributed by atoms with van der Waals surface area (Å²) in [5.41, 5.74) is 1.000. The number of nitrogens with zero attached hydrogens (tertiary/aromatic N) is 2. The molecule has 0 spiro atoms. The fourth-order valence-corrected chi connectivity index (χ4v) is 1.76. The topological polar surface area (TPSA) is 96.0 Å². The van der Waals surface area contributed by atoms with Crippen molar-refractivity contribution >= 4 is 17.6 Å². The third-order valence-corrected chi connectivity index (χ3v) is 2.90. The lowest BCUT2D eigenvalue weighted by Gasteiger charge is -2.08. The van der Waals surface area contributed by atoms with Crippen LogP contribution < -0.4 is 16.0 Å². The number of pyridine rings is 2. The van der Waals surface area contributed by atoms with Crippen molar-refractivity contribution < 1.29 is 9.59 Å². The summed E-state index contributed by atoms with van der Waals surface area (Å²) >= 11 is 0. The number of hydrogen-bond donors (Lipinski definition) is 3. The van der Waals surface area contributed by atoms with Crippen molar-refractivity contribution in [2.75, 3.05) is 25.5 Å². The second kappa shape index (κ2) is 7.72. The first-order chi connectivity index (χ1) is 10.7. The van der Waals surface area contributed by atoms with E-state index in [1.807, 2.05) is 0 Å². The van der Waals surface area contributed by atoms with Crippen LogP contribution in [0.5, 0.6) is 0 Å². The molecule has 0 bridgehead atoms.